The Bertz CT molecular complexity index is 633. The Kier molecular flexibility index (Phi) is 5.68. The second kappa shape index (κ2) is 8.13. The summed E-state index contributed by atoms with van der Waals surface area (Å²) in [5.41, 5.74) is 1.05. The molecule has 0 radical (unpaired) electrons. The first kappa shape index (κ1) is 16.7. The molecule has 0 spiro atoms. The lowest BCUT2D eigenvalue weighted by Gasteiger charge is -2.23. The lowest BCUT2D eigenvalue weighted by molar-refractivity contribution is 0.462. The van der Waals surface area contributed by atoms with Gasteiger partial charge in [-0.25, -0.2) is 9.97 Å². The number of rotatable bonds is 6. The van der Waals surface area contributed by atoms with Gasteiger partial charge in [0.15, 0.2) is 5.82 Å². The van der Waals surface area contributed by atoms with Crippen LogP contribution in [0.3, 0.4) is 0 Å². The van der Waals surface area contributed by atoms with Crippen molar-refractivity contribution in [2.75, 3.05) is 17.2 Å². The van der Waals surface area contributed by atoms with Crippen LogP contribution in [0.1, 0.15) is 46.0 Å². The molecule has 2 N–H and O–H groups in total. The second-order valence-corrected chi connectivity index (χ2v) is 7.08. The van der Waals surface area contributed by atoms with Gasteiger partial charge in [0.05, 0.1) is 0 Å². The van der Waals surface area contributed by atoms with E-state index >= 15 is 0 Å². The van der Waals surface area contributed by atoms with Crippen molar-refractivity contribution in [3.63, 3.8) is 0 Å². The summed E-state index contributed by atoms with van der Waals surface area (Å²) < 4.78 is 0. The van der Waals surface area contributed by atoms with Gasteiger partial charge in [-0.05, 0) is 18.8 Å². The van der Waals surface area contributed by atoms with E-state index in [1.54, 1.807) is 0 Å². The van der Waals surface area contributed by atoms with E-state index in [1.165, 1.54) is 32.1 Å². The maximum atomic E-state index is 4.76. The molecule has 1 aliphatic rings. The lowest BCUT2D eigenvalue weighted by atomic mass is 9.95. The third-order valence-electron chi connectivity index (χ3n) is 4.41. The predicted octanol–water partition coefficient (Wildman–Crippen LogP) is 4.96. The summed E-state index contributed by atoms with van der Waals surface area (Å²) in [6, 6.07) is 12.8. The Balaban J connectivity index is 1.84. The van der Waals surface area contributed by atoms with Crippen molar-refractivity contribution in [1.82, 2.24) is 9.97 Å². The van der Waals surface area contributed by atoms with Gasteiger partial charge in [-0.15, -0.1) is 0 Å². The van der Waals surface area contributed by atoms with Gasteiger partial charge in [0, 0.05) is 24.2 Å². The predicted molar refractivity (Wildman–Crippen MR) is 101 cm³/mol. The van der Waals surface area contributed by atoms with Crippen molar-refractivity contribution in [2.24, 2.45) is 5.92 Å². The molecule has 0 amide bonds. The van der Waals surface area contributed by atoms with Crippen molar-refractivity contribution in [3.05, 3.63) is 36.4 Å². The summed E-state index contributed by atoms with van der Waals surface area (Å²) in [7, 11) is 0. The molecule has 24 heavy (non-hydrogen) atoms. The summed E-state index contributed by atoms with van der Waals surface area (Å²) in [5, 5.41) is 7.07. The molecule has 1 aromatic carbocycles. The van der Waals surface area contributed by atoms with Gasteiger partial charge in [0.25, 0.3) is 0 Å². The lowest BCUT2D eigenvalue weighted by Crippen LogP contribution is -2.23. The highest BCUT2D eigenvalue weighted by Gasteiger charge is 2.15. The first-order chi connectivity index (χ1) is 11.7. The molecule has 128 valence electrons. The molecule has 1 saturated carbocycles. The zero-order chi connectivity index (χ0) is 16.8. The highest BCUT2D eigenvalue weighted by Crippen LogP contribution is 2.24. The molecule has 0 atom stereocenters. The van der Waals surface area contributed by atoms with Crippen LogP contribution < -0.4 is 10.6 Å². The Morgan fingerprint density at radius 3 is 2.42 bits per heavy atom. The highest BCUT2D eigenvalue weighted by atomic mass is 15.1. The number of anilines is 2. The van der Waals surface area contributed by atoms with Crippen LogP contribution in [0.15, 0.2) is 36.4 Å². The fourth-order valence-corrected chi connectivity index (χ4v) is 3.09. The van der Waals surface area contributed by atoms with Gasteiger partial charge in [-0.3, -0.25) is 0 Å². The largest absolute Gasteiger partial charge is 0.370 e. The van der Waals surface area contributed by atoms with Crippen molar-refractivity contribution < 1.29 is 0 Å². The van der Waals surface area contributed by atoms with E-state index < -0.39 is 0 Å². The van der Waals surface area contributed by atoms with Crippen LogP contribution in [0, 0.1) is 5.92 Å². The van der Waals surface area contributed by atoms with Gasteiger partial charge in [-0.2, -0.15) is 0 Å². The molecule has 1 aromatic heterocycles. The molecule has 0 unspecified atom stereocenters. The molecule has 1 aliphatic carbocycles. The summed E-state index contributed by atoms with van der Waals surface area (Å²) in [6.45, 7) is 5.31. The van der Waals surface area contributed by atoms with Gasteiger partial charge < -0.3 is 10.6 Å². The molecule has 3 rings (SSSR count). The fraction of sp³-hybridized carbons (Fsp3) is 0.500. The fourth-order valence-electron chi connectivity index (χ4n) is 3.09. The van der Waals surface area contributed by atoms with Crippen molar-refractivity contribution in [2.45, 2.75) is 52.0 Å². The Labute approximate surface area is 145 Å². The number of hydrogen-bond donors (Lipinski definition) is 2. The van der Waals surface area contributed by atoms with Gasteiger partial charge in [0.1, 0.15) is 11.6 Å². The van der Waals surface area contributed by atoms with Crippen molar-refractivity contribution in [3.8, 4) is 11.4 Å². The summed E-state index contributed by atoms with van der Waals surface area (Å²) in [6.07, 6.45) is 6.46. The van der Waals surface area contributed by atoms with E-state index in [1.807, 2.05) is 24.3 Å². The quantitative estimate of drug-likeness (QED) is 0.789. The Hall–Kier alpha value is -2.10. The van der Waals surface area contributed by atoms with Crippen LogP contribution in [0.4, 0.5) is 11.6 Å². The molecule has 2 aromatic rings. The molecule has 1 fully saturated rings. The minimum Gasteiger partial charge on any atom is -0.370 e. The van der Waals surface area contributed by atoms with E-state index in [-0.39, 0.29) is 0 Å². The number of nitrogens with one attached hydrogen (secondary N) is 2. The zero-order valence-corrected chi connectivity index (χ0v) is 14.8. The molecule has 0 aliphatic heterocycles. The van der Waals surface area contributed by atoms with Crippen LogP contribution in [0.25, 0.3) is 11.4 Å². The molecule has 4 heteroatoms. The summed E-state index contributed by atoms with van der Waals surface area (Å²) in [5.74, 6) is 3.19. The summed E-state index contributed by atoms with van der Waals surface area (Å²) >= 11 is 0. The van der Waals surface area contributed by atoms with E-state index in [0.29, 0.717) is 12.0 Å². The topological polar surface area (TPSA) is 49.8 Å². The van der Waals surface area contributed by atoms with Crippen LogP contribution >= 0.6 is 0 Å². The number of hydrogen-bond acceptors (Lipinski definition) is 4. The number of aromatic nitrogens is 2. The standard InChI is InChI=1S/C20H28N4/c1-15(2)14-21-18-13-19(22-17-11-7-4-8-12-17)24-20(23-18)16-9-5-3-6-10-16/h3,5-6,9-10,13,15,17H,4,7-8,11-12,14H2,1-2H3,(H2,21,22,23,24). The number of nitrogens with zero attached hydrogens (tertiary/aromatic N) is 2. The van der Waals surface area contributed by atoms with Crippen LogP contribution in [0.5, 0.6) is 0 Å². The van der Waals surface area contributed by atoms with Crippen molar-refractivity contribution in [1.29, 1.82) is 0 Å². The molecular formula is C20H28N4. The van der Waals surface area contributed by atoms with Crippen molar-refractivity contribution >= 4 is 11.6 Å². The summed E-state index contributed by atoms with van der Waals surface area (Å²) in [4.78, 5) is 9.47. The number of benzene rings is 1. The monoisotopic (exact) mass is 324 g/mol. The van der Waals surface area contributed by atoms with Crippen LogP contribution in [0.2, 0.25) is 0 Å². The third-order valence-corrected chi connectivity index (χ3v) is 4.41. The minimum absolute atomic E-state index is 0.537. The maximum absolute atomic E-state index is 4.76. The Morgan fingerprint density at radius 1 is 1.00 bits per heavy atom. The first-order valence-corrected chi connectivity index (χ1v) is 9.15. The van der Waals surface area contributed by atoms with Crippen LogP contribution in [-0.4, -0.2) is 22.6 Å². The normalized spacial score (nSPS) is 15.5. The van der Waals surface area contributed by atoms with E-state index in [0.717, 1.165) is 29.6 Å². The molecule has 0 bridgehead atoms. The van der Waals surface area contributed by atoms with Gasteiger partial charge in [-0.1, -0.05) is 63.4 Å². The SMILES string of the molecule is CC(C)CNc1cc(NC2CCCCC2)nc(-c2ccccc2)n1. The smallest absolute Gasteiger partial charge is 0.163 e. The maximum Gasteiger partial charge on any atom is 0.163 e. The molecule has 1 heterocycles. The Morgan fingerprint density at radius 2 is 1.71 bits per heavy atom. The van der Waals surface area contributed by atoms with E-state index in [2.05, 4.69) is 36.6 Å². The second-order valence-electron chi connectivity index (χ2n) is 7.08. The average molecular weight is 324 g/mol. The minimum atomic E-state index is 0.537. The highest BCUT2D eigenvalue weighted by molar-refractivity contribution is 5.61. The first-order valence-electron chi connectivity index (χ1n) is 9.15. The molecule has 4 nitrogen and oxygen atoms in total. The van der Waals surface area contributed by atoms with E-state index in [4.69, 9.17) is 9.97 Å². The van der Waals surface area contributed by atoms with Gasteiger partial charge in [0.2, 0.25) is 0 Å². The zero-order valence-electron chi connectivity index (χ0n) is 14.8. The van der Waals surface area contributed by atoms with Crippen LogP contribution in [-0.2, 0) is 0 Å². The average Bonchev–Trinajstić information content (AvgIpc) is 2.61. The molecular weight excluding hydrogens is 296 g/mol. The van der Waals surface area contributed by atoms with E-state index in [9.17, 15) is 0 Å². The van der Waals surface area contributed by atoms with Gasteiger partial charge >= 0.3 is 0 Å². The molecule has 0 saturated heterocycles. The third kappa shape index (κ3) is 4.70.